The summed E-state index contributed by atoms with van der Waals surface area (Å²) in [5.41, 5.74) is 6.35. The lowest BCUT2D eigenvalue weighted by Crippen LogP contribution is -2.49. The molecule has 0 amide bonds. The van der Waals surface area contributed by atoms with Crippen LogP contribution in [0.1, 0.15) is 51.9 Å². The summed E-state index contributed by atoms with van der Waals surface area (Å²) < 4.78 is 5.76. The number of likely N-dealkylation sites (N-methyl/N-ethyl adjacent to an activating group) is 1. The topological polar surface area (TPSA) is 38.5 Å². The highest BCUT2D eigenvalue weighted by Crippen LogP contribution is 2.23. The second-order valence-corrected chi connectivity index (χ2v) is 5.59. The zero-order chi connectivity index (χ0) is 12.1. The van der Waals surface area contributed by atoms with E-state index in [1.54, 1.807) is 0 Å². The minimum atomic E-state index is 0.374. The first-order valence-corrected chi connectivity index (χ1v) is 7.42. The molecule has 1 aliphatic carbocycles. The largest absolute Gasteiger partial charge is 0.377 e. The Morgan fingerprint density at radius 3 is 2.65 bits per heavy atom. The third kappa shape index (κ3) is 3.67. The Bertz CT molecular complexity index is 216. The van der Waals surface area contributed by atoms with Crippen LogP contribution in [-0.2, 0) is 4.74 Å². The van der Waals surface area contributed by atoms with Crippen LogP contribution in [0.3, 0.4) is 0 Å². The van der Waals surface area contributed by atoms with E-state index in [1.807, 2.05) is 0 Å². The Morgan fingerprint density at radius 2 is 1.94 bits per heavy atom. The lowest BCUT2D eigenvalue weighted by molar-refractivity contribution is 0.0522. The fourth-order valence-electron chi connectivity index (χ4n) is 3.32. The standard InChI is InChI=1S/C14H28N2O/c1-2-16(11-12-7-6-10-17-12)14-9-5-3-4-8-13(14)15/h12-14H,2-11,15H2,1H3. The van der Waals surface area contributed by atoms with Gasteiger partial charge in [-0.15, -0.1) is 0 Å². The van der Waals surface area contributed by atoms with Gasteiger partial charge in [-0.3, -0.25) is 4.90 Å². The van der Waals surface area contributed by atoms with Crippen LogP contribution in [0.4, 0.5) is 0 Å². The summed E-state index contributed by atoms with van der Waals surface area (Å²) in [6.45, 7) is 5.42. The van der Waals surface area contributed by atoms with Crippen LogP contribution < -0.4 is 5.73 Å². The molecule has 0 spiro atoms. The van der Waals surface area contributed by atoms with Crippen molar-refractivity contribution in [2.24, 2.45) is 5.73 Å². The molecule has 1 aliphatic heterocycles. The number of ether oxygens (including phenoxy) is 1. The molecule has 0 aromatic heterocycles. The molecular formula is C14H28N2O. The first-order valence-electron chi connectivity index (χ1n) is 7.42. The normalized spacial score (nSPS) is 35.1. The quantitative estimate of drug-likeness (QED) is 0.765. The highest BCUT2D eigenvalue weighted by atomic mass is 16.5. The van der Waals surface area contributed by atoms with Crippen molar-refractivity contribution >= 4 is 0 Å². The van der Waals surface area contributed by atoms with Crippen molar-refractivity contribution < 1.29 is 4.74 Å². The van der Waals surface area contributed by atoms with Crippen molar-refractivity contribution in [3.05, 3.63) is 0 Å². The monoisotopic (exact) mass is 240 g/mol. The lowest BCUT2D eigenvalue weighted by Gasteiger charge is -2.35. The predicted molar refractivity (Wildman–Crippen MR) is 71.1 cm³/mol. The maximum absolute atomic E-state index is 6.35. The molecule has 0 radical (unpaired) electrons. The first kappa shape index (κ1) is 13.3. The molecule has 0 aromatic carbocycles. The van der Waals surface area contributed by atoms with Gasteiger partial charge in [-0.25, -0.2) is 0 Å². The Balaban J connectivity index is 1.89. The molecule has 3 nitrogen and oxygen atoms in total. The van der Waals surface area contributed by atoms with Crippen molar-refractivity contribution in [1.82, 2.24) is 4.90 Å². The van der Waals surface area contributed by atoms with E-state index in [9.17, 15) is 0 Å². The van der Waals surface area contributed by atoms with Crippen LogP contribution in [0.25, 0.3) is 0 Å². The van der Waals surface area contributed by atoms with Crippen molar-refractivity contribution in [2.45, 2.75) is 70.1 Å². The maximum Gasteiger partial charge on any atom is 0.0702 e. The van der Waals surface area contributed by atoms with E-state index in [4.69, 9.17) is 10.5 Å². The van der Waals surface area contributed by atoms with E-state index < -0.39 is 0 Å². The molecule has 1 saturated heterocycles. The molecule has 100 valence electrons. The van der Waals surface area contributed by atoms with E-state index in [0.29, 0.717) is 18.2 Å². The average molecular weight is 240 g/mol. The molecule has 1 saturated carbocycles. The molecule has 2 N–H and O–H groups in total. The molecule has 0 bridgehead atoms. The van der Waals surface area contributed by atoms with Gasteiger partial charge in [0.15, 0.2) is 0 Å². The summed E-state index contributed by atoms with van der Waals surface area (Å²) in [7, 11) is 0. The fourth-order valence-corrected chi connectivity index (χ4v) is 3.32. The van der Waals surface area contributed by atoms with Gasteiger partial charge in [0.2, 0.25) is 0 Å². The van der Waals surface area contributed by atoms with Gasteiger partial charge >= 0.3 is 0 Å². The van der Waals surface area contributed by atoms with Gasteiger partial charge in [-0.05, 0) is 32.2 Å². The molecule has 3 atom stereocenters. The lowest BCUT2D eigenvalue weighted by atomic mass is 10.0. The van der Waals surface area contributed by atoms with Crippen molar-refractivity contribution in [1.29, 1.82) is 0 Å². The fraction of sp³-hybridized carbons (Fsp3) is 1.00. The molecule has 1 heterocycles. The van der Waals surface area contributed by atoms with Crippen LogP contribution in [-0.4, -0.2) is 42.8 Å². The van der Waals surface area contributed by atoms with Gasteiger partial charge in [-0.2, -0.15) is 0 Å². The molecular weight excluding hydrogens is 212 g/mol. The van der Waals surface area contributed by atoms with Crippen molar-refractivity contribution in [3.63, 3.8) is 0 Å². The van der Waals surface area contributed by atoms with Crippen LogP contribution in [0.5, 0.6) is 0 Å². The zero-order valence-electron chi connectivity index (χ0n) is 11.2. The summed E-state index contributed by atoms with van der Waals surface area (Å²) >= 11 is 0. The van der Waals surface area contributed by atoms with Crippen LogP contribution in [0, 0.1) is 0 Å². The van der Waals surface area contributed by atoms with Crippen LogP contribution in [0.15, 0.2) is 0 Å². The Kier molecular flexibility index (Phi) is 5.26. The molecule has 0 aromatic rings. The number of nitrogens with zero attached hydrogens (tertiary/aromatic N) is 1. The Hall–Kier alpha value is -0.120. The van der Waals surface area contributed by atoms with Crippen molar-refractivity contribution in [3.8, 4) is 0 Å². The minimum absolute atomic E-state index is 0.374. The van der Waals surface area contributed by atoms with E-state index in [0.717, 1.165) is 19.7 Å². The summed E-state index contributed by atoms with van der Waals surface area (Å²) in [5.74, 6) is 0. The number of rotatable bonds is 4. The number of hydrogen-bond acceptors (Lipinski definition) is 3. The van der Waals surface area contributed by atoms with Crippen molar-refractivity contribution in [2.75, 3.05) is 19.7 Å². The van der Waals surface area contributed by atoms with E-state index >= 15 is 0 Å². The summed E-state index contributed by atoms with van der Waals surface area (Å²) in [6.07, 6.45) is 9.44. The molecule has 2 aliphatic rings. The smallest absolute Gasteiger partial charge is 0.0702 e. The van der Waals surface area contributed by atoms with Gasteiger partial charge in [0.25, 0.3) is 0 Å². The first-order chi connectivity index (χ1) is 8.31. The van der Waals surface area contributed by atoms with E-state index in [-0.39, 0.29) is 0 Å². The zero-order valence-corrected chi connectivity index (χ0v) is 11.2. The predicted octanol–water partition coefficient (Wildman–Crippen LogP) is 2.15. The highest BCUT2D eigenvalue weighted by molar-refractivity contribution is 4.86. The SMILES string of the molecule is CCN(CC1CCCO1)C1CCCCCC1N. The summed E-state index contributed by atoms with van der Waals surface area (Å²) in [4.78, 5) is 2.58. The number of hydrogen-bond donors (Lipinski definition) is 1. The highest BCUT2D eigenvalue weighted by Gasteiger charge is 2.28. The minimum Gasteiger partial charge on any atom is -0.377 e. The van der Waals surface area contributed by atoms with Crippen LogP contribution in [0.2, 0.25) is 0 Å². The van der Waals surface area contributed by atoms with E-state index in [2.05, 4.69) is 11.8 Å². The van der Waals surface area contributed by atoms with Gasteiger partial charge in [0, 0.05) is 25.2 Å². The molecule has 17 heavy (non-hydrogen) atoms. The Labute approximate surface area is 106 Å². The maximum atomic E-state index is 6.35. The molecule has 3 heteroatoms. The summed E-state index contributed by atoms with van der Waals surface area (Å²) in [6, 6.07) is 0.963. The average Bonchev–Trinajstić information content (AvgIpc) is 2.75. The Morgan fingerprint density at radius 1 is 1.12 bits per heavy atom. The van der Waals surface area contributed by atoms with Gasteiger partial charge in [0.05, 0.1) is 6.10 Å². The third-order valence-electron chi connectivity index (χ3n) is 4.37. The second kappa shape index (κ2) is 6.72. The second-order valence-electron chi connectivity index (χ2n) is 5.59. The third-order valence-corrected chi connectivity index (χ3v) is 4.37. The molecule has 2 fully saturated rings. The molecule has 3 unspecified atom stereocenters. The van der Waals surface area contributed by atoms with E-state index in [1.165, 1.54) is 44.9 Å². The van der Waals surface area contributed by atoms with Gasteiger partial charge < -0.3 is 10.5 Å². The summed E-state index contributed by atoms with van der Waals surface area (Å²) in [5, 5.41) is 0. The molecule has 2 rings (SSSR count). The number of nitrogens with two attached hydrogens (primary N) is 1. The van der Waals surface area contributed by atoms with Gasteiger partial charge in [-0.1, -0.05) is 26.2 Å². The van der Waals surface area contributed by atoms with Crippen LogP contribution >= 0.6 is 0 Å². The van der Waals surface area contributed by atoms with Gasteiger partial charge in [0.1, 0.15) is 0 Å².